The Balaban J connectivity index is 1.75. The summed E-state index contributed by atoms with van der Waals surface area (Å²) < 4.78 is 39.4. The number of rotatable bonds is 3. The van der Waals surface area contributed by atoms with E-state index in [1.165, 1.54) is 18.8 Å². The first kappa shape index (κ1) is 19.2. The highest BCUT2D eigenvalue weighted by Gasteiger charge is 2.31. The van der Waals surface area contributed by atoms with E-state index in [1.54, 1.807) is 0 Å². The summed E-state index contributed by atoms with van der Waals surface area (Å²) in [7, 11) is 0. The summed E-state index contributed by atoms with van der Waals surface area (Å²) in [5, 5.41) is 13.0. The van der Waals surface area contributed by atoms with Crippen molar-refractivity contribution in [3.05, 3.63) is 35.8 Å². The van der Waals surface area contributed by atoms with Gasteiger partial charge in [0, 0.05) is 29.4 Å². The van der Waals surface area contributed by atoms with Crippen LogP contribution in [0, 0.1) is 17.2 Å². The number of H-pyrrole nitrogens is 1. The van der Waals surface area contributed by atoms with Crippen LogP contribution in [0.5, 0.6) is 0 Å². The lowest BCUT2D eigenvalue weighted by Gasteiger charge is -2.27. The van der Waals surface area contributed by atoms with E-state index in [4.69, 9.17) is 0 Å². The SMILES string of the molecule is CC1CCC[C@H](Nc2ncc(C#N)c(-c3c[nH]c4ncc(C(F)(F)F)cc34)n2)C1. The monoisotopic (exact) mass is 400 g/mol. The molecule has 2 N–H and O–H groups in total. The van der Waals surface area contributed by atoms with E-state index < -0.39 is 11.7 Å². The van der Waals surface area contributed by atoms with Crippen molar-refractivity contribution < 1.29 is 13.2 Å². The second-order valence-electron chi connectivity index (χ2n) is 7.50. The average molecular weight is 400 g/mol. The van der Waals surface area contributed by atoms with Crippen molar-refractivity contribution in [1.29, 1.82) is 5.26 Å². The van der Waals surface area contributed by atoms with Crippen molar-refractivity contribution in [3.63, 3.8) is 0 Å². The molecule has 1 fully saturated rings. The molecule has 0 aliphatic heterocycles. The van der Waals surface area contributed by atoms with E-state index in [-0.39, 0.29) is 22.7 Å². The molecule has 2 atom stereocenters. The van der Waals surface area contributed by atoms with Gasteiger partial charge >= 0.3 is 6.18 Å². The minimum Gasteiger partial charge on any atom is -0.351 e. The molecule has 3 aromatic heterocycles. The van der Waals surface area contributed by atoms with Gasteiger partial charge in [-0.25, -0.2) is 15.0 Å². The Kier molecular flexibility index (Phi) is 4.86. The fourth-order valence-electron chi connectivity index (χ4n) is 3.84. The molecule has 0 radical (unpaired) electrons. The predicted octanol–water partition coefficient (Wildman–Crippen LogP) is 4.90. The Labute approximate surface area is 165 Å². The minimum absolute atomic E-state index is 0.186. The van der Waals surface area contributed by atoms with E-state index >= 15 is 0 Å². The fraction of sp³-hybridized carbons (Fsp3) is 0.400. The number of nitrogens with one attached hydrogen (secondary N) is 2. The van der Waals surface area contributed by atoms with Gasteiger partial charge in [0.05, 0.1) is 23.0 Å². The number of nitrogens with zero attached hydrogens (tertiary/aromatic N) is 4. The summed E-state index contributed by atoms with van der Waals surface area (Å²) in [4.78, 5) is 15.4. The van der Waals surface area contributed by atoms with Crippen LogP contribution in [0.3, 0.4) is 0 Å². The van der Waals surface area contributed by atoms with Gasteiger partial charge in [-0.2, -0.15) is 18.4 Å². The number of halogens is 3. The standard InChI is InChI=1S/C20H19F3N6/c1-11-3-2-4-14(5-11)28-19-27-8-12(7-24)17(29-19)16-10-26-18-15(16)6-13(9-25-18)20(21,22)23/h6,8-11,14H,2-5H2,1H3,(H,25,26)(H,27,28,29)/t11?,14-/m0/s1. The lowest BCUT2D eigenvalue weighted by atomic mass is 9.87. The third-order valence-corrected chi connectivity index (χ3v) is 5.29. The molecule has 0 amide bonds. The average Bonchev–Trinajstić information content (AvgIpc) is 3.10. The summed E-state index contributed by atoms with van der Waals surface area (Å²) in [5.41, 5.74) is 0.295. The smallest absolute Gasteiger partial charge is 0.351 e. The van der Waals surface area contributed by atoms with Crippen molar-refractivity contribution in [2.24, 2.45) is 5.92 Å². The molecule has 0 saturated heterocycles. The van der Waals surface area contributed by atoms with Crippen LogP contribution in [0.25, 0.3) is 22.3 Å². The van der Waals surface area contributed by atoms with E-state index in [0.717, 1.165) is 31.5 Å². The Morgan fingerprint density at radius 3 is 2.79 bits per heavy atom. The molecule has 4 rings (SSSR count). The van der Waals surface area contributed by atoms with Crippen molar-refractivity contribution in [2.45, 2.75) is 44.8 Å². The second-order valence-corrected chi connectivity index (χ2v) is 7.50. The molecular formula is C20H19F3N6. The number of aromatic amines is 1. The normalized spacial score (nSPS) is 19.8. The summed E-state index contributed by atoms with van der Waals surface area (Å²) >= 11 is 0. The number of nitriles is 1. The molecule has 6 nitrogen and oxygen atoms in total. The lowest BCUT2D eigenvalue weighted by molar-refractivity contribution is -0.137. The van der Waals surface area contributed by atoms with Crippen LogP contribution in [-0.4, -0.2) is 26.0 Å². The molecule has 0 spiro atoms. The molecule has 3 heterocycles. The van der Waals surface area contributed by atoms with Gasteiger partial charge in [-0.1, -0.05) is 19.8 Å². The number of hydrogen-bond donors (Lipinski definition) is 2. The molecule has 1 aliphatic rings. The Morgan fingerprint density at radius 2 is 2.07 bits per heavy atom. The van der Waals surface area contributed by atoms with Crippen molar-refractivity contribution in [3.8, 4) is 17.3 Å². The zero-order valence-corrected chi connectivity index (χ0v) is 15.7. The molecule has 0 bridgehead atoms. The first-order valence-corrected chi connectivity index (χ1v) is 9.43. The molecule has 0 aromatic carbocycles. The highest BCUT2D eigenvalue weighted by molar-refractivity contribution is 5.94. The number of pyridine rings is 1. The van der Waals surface area contributed by atoms with Gasteiger partial charge in [-0.15, -0.1) is 0 Å². The van der Waals surface area contributed by atoms with Crippen LogP contribution in [-0.2, 0) is 6.18 Å². The number of fused-ring (bicyclic) bond motifs is 1. The van der Waals surface area contributed by atoms with Gasteiger partial charge in [0.1, 0.15) is 11.7 Å². The quantitative estimate of drug-likeness (QED) is 0.653. The van der Waals surface area contributed by atoms with Gasteiger partial charge in [0.25, 0.3) is 0 Å². The van der Waals surface area contributed by atoms with Gasteiger partial charge in [-0.3, -0.25) is 0 Å². The van der Waals surface area contributed by atoms with E-state index in [0.29, 0.717) is 23.1 Å². The van der Waals surface area contributed by atoms with Crippen LogP contribution in [0.4, 0.5) is 19.1 Å². The highest BCUT2D eigenvalue weighted by atomic mass is 19.4. The van der Waals surface area contributed by atoms with Crippen LogP contribution >= 0.6 is 0 Å². The predicted molar refractivity (Wildman–Crippen MR) is 102 cm³/mol. The van der Waals surface area contributed by atoms with Gasteiger partial charge in [0.2, 0.25) is 5.95 Å². The van der Waals surface area contributed by atoms with E-state index in [9.17, 15) is 18.4 Å². The zero-order valence-electron chi connectivity index (χ0n) is 15.7. The van der Waals surface area contributed by atoms with E-state index in [1.807, 2.05) is 6.07 Å². The van der Waals surface area contributed by atoms with Crippen LogP contribution in [0.2, 0.25) is 0 Å². The summed E-state index contributed by atoms with van der Waals surface area (Å²) in [6.07, 6.45) is 3.52. The van der Waals surface area contributed by atoms with Crippen LogP contribution in [0.1, 0.15) is 43.7 Å². The van der Waals surface area contributed by atoms with Crippen molar-refractivity contribution >= 4 is 17.0 Å². The number of aromatic nitrogens is 4. The molecule has 150 valence electrons. The van der Waals surface area contributed by atoms with Crippen LogP contribution < -0.4 is 5.32 Å². The molecule has 1 unspecified atom stereocenters. The Hall–Kier alpha value is -3.15. The maximum Gasteiger partial charge on any atom is 0.417 e. The Morgan fingerprint density at radius 1 is 1.24 bits per heavy atom. The van der Waals surface area contributed by atoms with E-state index in [2.05, 4.69) is 32.2 Å². The second kappa shape index (κ2) is 7.35. The molecule has 9 heteroatoms. The first-order chi connectivity index (χ1) is 13.8. The number of hydrogen-bond acceptors (Lipinski definition) is 5. The first-order valence-electron chi connectivity index (χ1n) is 9.43. The van der Waals surface area contributed by atoms with Gasteiger partial charge in [0.15, 0.2) is 0 Å². The largest absolute Gasteiger partial charge is 0.417 e. The lowest BCUT2D eigenvalue weighted by Crippen LogP contribution is -2.27. The minimum atomic E-state index is -4.51. The molecule has 3 aromatic rings. The third kappa shape index (κ3) is 3.88. The maximum absolute atomic E-state index is 13.1. The molecule has 29 heavy (non-hydrogen) atoms. The highest BCUT2D eigenvalue weighted by Crippen LogP contribution is 2.35. The summed E-state index contributed by atoms with van der Waals surface area (Å²) in [6, 6.07) is 3.28. The molecule has 1 aliphatic carbocycles. The topological polar surface area (TPSA) is 90.3 Å². The number of alkyl halides is 3. The zero-order chi connectivity index (χ0) is 20.6. The molecular weight excluding hydrogens is 381 g/mol. The Bertz CT molecular complexity index is 1080. The van der Waals surface area contributed by atoms with Gasteiger partial charge in [-0.05, 0) is 24.8 Å². The summed E-state index contributed by atoms with van der Waals surface area (Å²) in [6.45, 7) is 2.20. The fourth-order valence-corrected chi connectivity index (χ4v) is 3.84. The number of anilines is 1. The maximum atomic E-state index is 13.1. The van der Waals surface area contributed by atoms with Gasteiger partial charge < -0.3 is 10.3 Å². The van der Waals surface area contributed by atoms with Crippen molar-refractivity contribution in [1.82, 2.24) is 19.9 Å². The van der Waals surface area contributed by atoms with Crippen molar-refractivity contribution in [2.75, 3.05) is 5.32 Å². The summed E-state index contributed by atoms with van der Waals surface area (Å²) in [5.74, 6) is 0.979. The third-order valence-electron chi connectivity index (χ3n) is 5.29. The van der Waals surface area contributed by atoms with Crippen LogP contribution in [0.15, 0.2) is 24.7 Å². The molecule has 1 saturated carbocycles.